The molecule has 3 heteroatoms. The first-order valence-corrected chi connectivity index (χ1v) is 5.20. The Bertz CT molecular complexity index is 167. The van der Waals surface area contributed by atoms with E-state index in [1.165, 1.54) is 12.8 Å². The average molecular weight is 181 g/mol. The van der Waals surface area contributed by atoms with Gasteiger partial charge in [-0.3, -0.25) is 4.90 Å². The minimum atomic E-state index is 0.584. The van der Waals surface area contributed by atoms with Crippen LogP contribution in [0.2, 0.25) is 0 Å². The molecular formula is C10H19N3. The first-order valence-electron chi connectivity index (χ1n) is 5.20. The van der Waals surface area contributed by atoms with E-state index in [1.54, 1.807) is 0 Å². The third-order valence-electron chi connectivity index (χ3n) is 2.57. The van der Waals surface area contributed by atoms with E-state index in [0.717, 1.165) is 26.1 Å². The molecule has 0 aromatic carbocycles. The van der Waals surface area contributed by atoms with E-state index in [0.29, 0.717) is 12.6 Å². The van der Waals surface area contributed by atoms with Crippen LogP contribution in [0.3, 0.4) is 0 Å². The first kappa shape index (κ1) is 10.5. The number of nitrogens with one attached hydrogen (secondary N) is 1. The van der Waals surface area contributed by atoms with Gasteiger partial charge in [0.1, 0.15) is 0 Å². The molecule has 1 rings (SSSR count). The maximum Gasteiger partial charge on any atom is 0.0868 e. The van der Waals surface area contributed by atoms with Crippen molar-refractivity contribution in [3.05, 3.63) is 0 Å². The zero-order chi connectivity index (χ0) is 9.52. The van der Waals surface area contributed by atoms with Crippen LogP contribution < -0.4 is 5.32 Å². The fraction of sp³-hybridized carbons (Fsp3) is 0.900. The van der Waals surface area contributed by atoms with Crippen molar-refractivity contribution in [1.29, 1.82) is 5.26 Å². The Kier molecular flexibility index (Phi) is 4.81. The van der Waals surface area contributed by atoms with Crippen LogP contribution in [0.15, 0.2) is 0 Å². The number of hydrogen-bond donors (Lipinski definition) is 1. The van der Waals surface area contributed by atoms with Gasteiger partial charge in [0, 0.05) is 12.6 Å². The van der Waals surface area contributed by atoms with E-state index in [2.05, 4.69) is 23.2 Å². The first-order chi connectivity index (χ1) is 6.38. The largest absolute Gasteiger partial charge is 0.315 e. The van der Waals surface area contributed by atoms with Crippen LogP contribution in [0.1, 0.15) is 26.2 Å². The predicted octanol–water partition coefficient (Wildman–Crippen LogP) is 0.974. The minimum Gasteiger partial charge on any atom is -0.315 e. The van der Waals surface area contributed by atoms with Crippen LogP contribution in [-0.2, 0) is 0 Å². The van der Waals surface area contributed by atoms with Gasteiger partial charge < -0.3 is 5.32 Å². The van der Waals surface area contributed by atoms with Gasteiger partial charge in [-0.25, -0.2) is 0 Å². The maximum atomic E-state index is 8.68. The zero-order valence-corrected chi connectivity index (χ0v) is 8.42. The fourth-order valence-electron chi connectivity index (χ4n) is 1.91. The molecule has 0 saturated carbocycles. The van der Waals surface area contributed by atoms with Gasteiger partial charge in [0.15, 0.2) is 0 Å². The summed E-state index contributed by atoms with van der Waals surface area (Å²) in [6.45, 7) is 6.01. The third-order valence-corrected chi connectivity index (χ3v) is 2.57. The molecule has 1 fully saturated rings. The summed E-state index contributed by atoms with van der Waals surface area (Å²) in [5.41, 5.74) is 0. The Morgan fingerprint density at radius 1 is 1.62 bits per heavy atom. The molecule has 1 N–H and O–H groups in total. The van der Waals surface area contributed by atoms with Crippen LogP contribution in [0.5, 0.6) is 0 Å². The lowest BCUT2D eigenvalue weighted by Gasteiger charge is -2.32. The van der Waals surface area contributed by atoms with Gasteiger partial charge in [-0.1, -0.05) is 6.92 Å². The molecule has 13 heavy (non-hydrogen) atoms. The van der Waals surface area contributed by atoms with Crippen molar-refractivity contribution in [2.75, 3.05) is 26.2 Å². The summed E-state index contributed by atoms with van der Waals surface area (Å²) in [5.74, 6) is 0. The van der Waals surface area contributed by atoms with Crippen LogP contribution in [0, 0.1) is 11.3 Å². The Balaban J connectivity index is 2.37. The van der Waals surface area contributed by atoms with Crippen molar-refractivity contribution in [3.63, 3.8) is 0 Å². The molecule has 0 aromatic heterocycles. The van der Waals surface area contributed by atoms with E-state index in [9.17, 15) is 0 Å². The van der Waals surface area contributed by atoms with E-state index in [4.69, 9.17) is 5.26 Å². The molecule has 0 bridgehead atoms. The molecule has 0 radical (unpaired) electrons. The topological polar surface area (TPSA) is 39.1 Å². The molecule has 3 nitrogen and oxygen atoms in total. The molecule has 1 aliphatic rings. The summed E-state index contributed by atoms with van der Waals surface area (Å²) in [6.07, 6.45) is 3.63. The molecule has 0 aliphatic carbocycles. The molecule has 0 aromatic rings. The lowest BCUT2D eigenvalue weighted by Crippen LogP contribution is -2.46. The second-order valence-electron chi connectivity index (χ2n) is 3.63. The second-order valence-corrected chi connectivity index (χ2v) is 3.63. The predicted molar refractivity (Wildman–Crippen MR) is 53.4 cm³/mol. The summed E-state index contributed by atoms with van der Waals surface area (Å²) in [7, 11) is 0. The molecule has 1 aliphatic heterocycles. The average Bonchev–Trinajstić information content (AvgIpc) is 2.19. The Hall–Kier alpha value is -0.590. The zero-order valence-electron chi connectivity index (χ0n) is 8.42. The van der Waals surface area contributed by atoms with Gasteiger partial charge in [0.25, 0.3) is 0 Å². The molecule has 1 heterocycles. The highest BCUT2D eigenvalue weighted by Crippen LogP contribution is 2.10. The molecule has 1 unspecified atom stereocenters. The molecule has 0 amide bonds. The van der Waals surface area contributed by atoms with Crippen molar-refractivity contribution in [2.45, 2.75) is 32.2 Å². The van der Waals surface area contributed by atoms with Crippen LogP contribution in [-0.4, -0.2) is 37.1 Å². The summed E-state index contributed by atoms with van der Waals surface area (Å²) in [5, 5.41) is 12.1. The van der Waals surface area contributed by atoms with Crippen molar-refractivity contribution >= 4 is 0 Å². The Morgan fingerprint density at radius 2 is 2.46 bits per heavy atom. The molecular weight excluding hydrogens is 162 g/mol. The van der Waals surface area contributed by atoms with Crippen molar-refractivity contribution in [3.8, 4) is 6.07 Å². The molecule has 1 saturated heterocycles. The van der Waals surface area contributed by atoms with E-state index < -0.39 is 0 Å². The SMILES string of the molecule is CCCN(CC#N)C1CCCNC1. The van der Waals surface area contributed by atoms with Crippen LogP contribution >= 0.6 is 0 Å². The highest BCUT2D eigenvalue weighted by molar-refractivity contribution is 4.84. The van der Waals surface area contributed by atoms with Crippen LogP contribution in [0.4, 0.5) is 0 Å². The molecule has 1 atom stereocenters. The van der Waals surface area contributed by atoms with Gasteiger partial charge in [0.05, 0.1) is 12.6 Å². The van der Waals surface area contributed by atoms with Gasteiger partial charge in [-0.2, -0.15) is 5.26 Å². The Labute approximate surface area is 80.7 Å². The number of piperidine rings is 1. The number of nitriles is 1. The van der Waals surface area contributed by atoms with Gasteiger partial charge in [0.2, 0.25) is 0 Å². The van der Waals surface area contributed by atoms with E-state index >= 15 is 0 Å². The van der Waals surface area contributed by atoms with Crippen molar-refractivity contribution in [1.82, 2.24) is 10.2 Å². The van der Waals surface area contributed by atoms with E-state index in [-0.39, 0.29) is 0 Å². The number of nitrogens with zero attached hydrogens (tertiary/aromatic N) is 2. The van der Waals surface area contributed by atoms with Gasteiger partial charge >= 0.3 is 0 Å². The Morgan fingerprint density at radius 3 is 3.00 bits per heavy atom. The van der Waals surface area contributed by atoms with Crippen LogP contribution in [0.25, 0.3) is 0 Å². The third kappa shape index (κ3) is 3.33. The van der Waals surface area contributed by atoms with Gasteiger partial charge in [-0.15, -0.1) is 0 Å². The number of rotatable bonds is 4. The monoisotopic (exact) mass is 181 g/mol. The molecule has 74 valence electrons. The number of hydrogen-bond acceptors (Lipinski definition) is 3. The second kappa shape index (κ2) is 5.95. The standard InChI is InChI=1S/C10H19N3/c1-2-7-13(8-5-11)10-4-3-6-12-9-10/h10,12H,2-4,6-9H2,1H3. The summed E-state index contributed by atoms with van der Waals surface area (Å²) >= 11 is 0. The normalized spacial score (nSPS) is 23.0. The highest BCUT2D eigenvalue weighted by atomic mass is 15.2. The lowest BCUT2D eigenvalue weighted by atomic mass is 10.1. The summed E-state index contributed by atoms with van der Waals surface area (Å²) < 4.78 is 0. The van der Waals surface area contributed by atoms with E-state index in [1.807, 2.05) is 0 Å². The van der Waals surface area contributed by atoms with Crippen molar-refractivity contribution < 1.29 is 0 Å². The van der Waals surface area contributed by atoms with Gasteiger partial charge in [-0.05, 0) is 32.4 Å². The quantitative estimate of drug-likeness (QED) is 0.657. The molecule has 0 spiro atoms. The summed E-state index contributed by atoms with van der Waals surface area (Å²) in [4.78, 5) is 2.30. The minimum absolute atomic E-state index is 0.584. The maximum absolute atomic E-state index is 8.68. The summed E-state index contributed by atoms with van der Waals surface area (Å²) in [6, 6.07) is 2.84. The fourth-order valence-corrected chi connectivity index (χ4v) is 1.91. The smallest absolute Gasteiger partial charge is 0.0868 e. The van der Waals surface area contributed by atoms with Crippen molar-refractivity contribution in [2.24, 2.45) is 0 Å². The lowest BCUT2D eigenvalue weighted by molar-refractivity contribution is 0.185. The highest BCUT2D eigenvalue weighted by Gasteiger charge is 2.19.